The molecule has 2 nitrogen and oxygen atoms in total. The van der Waals surface area contributed by atoms with Gasteiger partial charge in [0.15, 0.2) is 5.78 Å². The quantitative estimate of drug-likeness (QED) is 0.749. The van der Waals surface area contributed by atoms with Crippen LogP contribution < -0.4 is 4.74 Å². The second kappa shape index (κ2) is 5.30. The van der Waals surface area contributed by atoms with E-state index in [2.05, 4.69) is 0 Å². The first-order chi connectivity index (χ1) is 8.29. The lowest BCUT2D eigenvalue weighted by molar-refractivity contribution is 0.0992. The molecule has 0 spiro atoms. The molecule has 0 N–H and O–H groups in total. The molecule has 2 rings (SSSR count). The zero-order valence-electron chi connectivity index (χ0n) is 9.72. The van der Waals surface area contributed by atoms with Gasteiger partial charge in [-0.15, -0.1) is 0 Å². The van der Waals surface area contributed by atoms with E-state index in [1.54, 1.807) is 13.2 Å². The number of methoxy groups -OCH3 is 1. The molecule has 0 fully saturated rings. The molecule has 86 valence electrons. The largest absolute Gasteiger partial charge is 0.497 e. The van der Waals surface area contributed by atoms with Crippen molar-refractivity contribution in [2.24, 2.45) is 0 Å². The number of carbonyl (C=O) groups is 1. The standard InChI is InChI=1S/C15H14O2/c1-17-14-9-5-8-13(11-14)15(16)10-12-6-3-2-4-7-12/h2-9,11H,10H2,1H3. The molecule has 2 aromatic rings. The molecule has 0 atom stereocenters. The number of hydrogen-bond donors (Lipinski definition) is 0. The average molecular weight is 226 g/mol. The third kappa shape index (κ3) is 2.94. The Hall–Kier alpha value is -2.09. The summed E-state index contributed by atoms with van der Waals surface area (Å²) in [5.74, 6) is 0.819. The summed E-state index contributed by atoms with van der Waals surface area (Å²) in [5.41, 5.74) is 1.72. The fraction of sp³-hybridized carbons (Fsp3) is 0.133. The predicted molar refractivity (Wildman–Crippen MR) is 67.5 cm³/mol. The van der Waals surface area contributed by atoms with Crippen LogP contribution >= 0.6 is 0 Å². The Balaban J connectivity index is 2.14. The van der Waals surface area contributed by atoms with Crippen LogP contribution in [0.15, 0.2) is 54.6 Å². The van der Waals surface area contributed by atoms with Crippen molar-refractivity contribution < 1.29 is 9.53 Å². The number of carbonyl (C=O) groups excluding carboxylic acids is 1. The highest BCUT2D eigenvalue weighted by atomic mass is 16.5. The molecule has 0 aromatic heterocycles. The van der Waals surface area contributed by atoms with Crippen LogP contribution in [0, 0.1) is 0 Å². The summed E-state index contributed by atoms with van der Waals surface area (Å²) >= 11 is 0. The van der Waals surface area contributed by atoms with Crippen molar-refractivity contribution in [1.29, 1.82) is 0 Å². The van der Waals surface area contributed by atoms with Gasteiger partial charge < -0.3 is 4.74 Å². The zero-order valence-corrected chi connectivity index (χ0v) is 9.72. The monoisotopic (exact) mass is 226 g/mol. The third-order valence-corrected chi connectivity index (χ3v) is 2.60. The molecule has 0 unspecified atom stereocenters. The lowest BCUT2D eigenvalue weighted by Gasteiger charge is -2.04. The van der Waals surface area contributed by atoms with Crippen molar-refractivity contribution in [3.63, 3.8) is 0 Å². The van der Waals surface area contributed by atoms with Gasteiger partial charge in [0, 0.05) is 12.0 Å². The maximum Gasteiger partial charge on any atom is 0.167 e. The van der Waals surface area contributed by atoms with E-state index >= 15 is 0 Å². The highest BCUT2D eigenvalue weighted by Gasteiger charge is 2.07. The van der Waals surface area contributed by atoms with E-state index in [4.69, 9.17) is 4.74 Å². The zero-order chi connectivity index (χ0) is 12.1. The van der Waals surface area contributed by atoms with Gasteiger partial charge in [-0.05, 0) is 17.7 Å². The smallest absolute Gasteiger partial charge is 0.167 e. The van der Waals surface area contributed by atoms with Crippen LogP contribution in [0.4, 0.5) is 0 Å². The summed E-state index contributed by atoms with van der Waals surface area (Å²) in [4.78, 5) is 12.0. The van der Waals surface area contributed by atoms with E-state index in [0.717, 1.165) is 5.56 Å². The molecule has 0 amide bonds. The van der Waals surface area contributed by atoms with Crippen LogP contribution in [0.3, 0.4) is 0 Å². The minimum Gasteiger partial charge on any atom is -0.497 e. The van der Waals surface area contributed by atoms with Crippen molar-refractivity contribution in [3.05, 3.63) is 65.7 Å². The van der Waals surface area contributed by atoms with Crippen LogP contribution in [0.2, 0.25) is 0 Å². The molecule has 0 aliphatic rings. The van der Waals surface area contributed by atoms with E-state index in [9.17, 15) is 4.79 Å². The lowest BCUT2D eigenvalue weighted by Crippen LogP contribution is -2.03. The summed E-state index contributed by atoms with van der Waals surface area (Å²) in [6, 6.07) is 17.0. The molecule has 0 saturated heterocycles. The van der Waals surface area contributed by atoms with Crippen molar-refractivity contribution in [3.8, 4) is 5.75 Å². The minimum absolute atomic E-state index is 0.107. The van der Waals surface area contributed by atoms with Crippen molar-refractivity contribution in [2.75, 3.05) is 7.11 Å². The molecule has 0 aliphatic carbocycles. The first-order valence-electron chi connectivity index (χ1n) is 5.51. The molecule has 2 heteroatoms. The fourth-order valence-corrected chi connectivity index (χ4v) is 1.68. The SMILES string of the molecule is COc1cccc(C(=O)Cc2ccccc2)c1. The van der Waals surface area contributed by atoms with Crippen molar-refractivity contribution >= 4 is 5.78 Å². The van der Waals surface area contributed by atoms with E-state index in [-0.39, 0.29) is 5.78 Å². The molecule has 0 aliphatic heterocycles. The maximum absolute atomic E-state index is 12.0. The topological polar surface area (TPSA) is 26.3 Å². The first-order valence-corrected chi connectivity index (χ1v) is 5.51. The molecule has 17 heavy (non-hydrogen) atoms. The van der Waals surface area contributed by atoms with Gasteiger partial charge >= 0.3 is 0 Å². The van der Waals surface area contributed by atoms with Crippen LogP contribution in [0.5, 0.6) is 5.75 Å². The Morgan fingerprint density at radius 1 is 1.06 bits per heavy atom. The first kappa shape index (κ1) is 11.4. The van der Waals surface area contributed by atoms with E-state index in [1.807, 2.05) is 48.5 Å². The van der Waals surface area contributed by atoms with Gasteiger partial charge in [-0.3, -0.25) is 4.79 Å². The number of ether oxygens (including phenoxy) is 1. The van der Waals surface area contributed by atoms with Gasteiger partial charge in [-0.25, -0.2) is 0 Å². The van der Waals surface area contributed by atoms with Gasteiger partial charge in [0.25, 0.3) is 0 Å². The Morgan fingerprint density at radius 2 is 1.82 bits per heavy atom. The predicted octanol–water partition coefficient (Wildman–Crippen LogP) is 3.12. The number of benzene rings is 2. The van der Waals surface area contributed by atoms with Gasteiger partial charge in [-0.2, -0.15) is 0 Å². The molecule has 0 heterocycles. The summed E-state index contributed by atoms with van der Waals surface area (Å²) in [5, 5.41) is 0. The Labute approximate surface area is 101 Å². The average Bonchev–Trinajstić information content (AvgIpc) is 2.40. The molecule has 2 aromatic carbocycles. The Kier molecular flexibility index (Phi) is 3.55. The second-order valence-electron chi connectivity index (χ2n) is 3.82. The van der Waals surface area contributed by atoms with E-state index in [1.165, 1.54) is 0 Å². The number of Topliss-reactive ketones (excluding diaryl/α,β-unsaturated/α-hetero) is 1. The summed E-state index contributed by atoms with van der Waals surface area (Å²) < 4.78 is 5.10. The van der Waals surface area contributed by atoms with Crippen molar-refractivity contribution in [1.82, 2.24) is 0 Å². The Morgan fingerprint density at radius 3 is 2.53 bits per heavy atom. The summed E-state index contributed by atoms with van der Waals surface area (Å²) in [6.07, 6.45) is 0.425. The highest BCUT2D eigenvalue weighted by molar-refractivity contribution is 5.97. The minimum atomic E-state index is 0.107. The number of rotatable bonds is 4. The number of ketones is 1. The van der Waals surface area contributed by atoms with E-state index in [0.29, 0.717) is 17.7 Å². The van der Waals surface area contributed by atoms with Crippen LogP contribution in [-0.2, 0) is 6.42 Å². The maximum atomic E-state index is 12.0. The molecule has 0 saturated carbocycles. The highest BCUT2D eigenvalue weighted by Crippen LogP contribution is 2.14. The third-order valence-electron chi connectivity index (χ3n) is 2.60. The second-order valence-corrected chi connectivity index (χ2v) is 3.82. The normalized spacial score (nSPS) is 9.94. The van der Waals surface area contributed by atoms with Crippen molar-refractivity contribution in [2.45, 2.75) is 6.42 Å². The molecular formula is C15H14O2. The van der Waals surface area contributed by atoms with E-state index < -0.39 is 0 Å². The van der Waals surface area contributed by atoms with Crippen LogP contribution in [-0.4, -0.2) is 12.9 Å². The Bertz CT molecular complexity index is 503. The molecule has 0 bridgehead atoms. The van der Waals surface area contributed by atoms with Gasteiger partial charge in [-0.1, -0.05) is 42.5 Å². The van der Waals surface area contributed by atoms with Crippen LogP contribution in [0.1, 0.15) is 15.9 Å². The number of hydrogen-bond acceptors (Lipinski definition) is 2. The summed E-state index contributed by atoms with van der Waals surface area (Å²) in [7, 11) is 1.60. The van der Waals surface area contributed by atoms with Gasteiger partial charge in [0.05, 0.1) is 7.11 Å². The van der Waals surface area contributed by atoms with Gasteiger partial charge in [0.2, 0.25) is 0 Å². The lowest BCUT2D eigenvalue weighted by atomic mass is 10.0. The fourth-order valence-electron chi connectivity index (χ4n) is 1.68. The molecular weight excluding hydrogens is 212 g/mol. The molecule has 0 radical (unpaired) electrons. The summed E-state index contributed by atoms with van der Waals surface area (Å²) in [6.45, 7) is 0. The van der Waals surface area contributed by atoms with Gasteiger partial charge in [0.1, 0.15) is 5.75 Å². The van der Waals surface area contributed by atoms with Crippen LogP contribution in [0.25, 0.3) is 0 Å².